The Balaban J connectivity index is 0.000000203. The second kappa shape index (κ2) is 9.44. The molecule has 3 fully saturated rings. The summed E-state index contributed by atoms with van der Waals surface area (Å²) in [6.45, 7) is 9.32. The van der Waals surface area contributed by atoms with Crippen LogP contribution in [0.2, 0.25) is 0 Å². The summed E-state index contributed by atoms with van der Waals surface area (Å²) in [5.74, 6) is 5.31. The molecule has 0 aromatic heterocycles. The van der Waals surface area contributed by atoms with Gasteiger partial charge in [-0.25, -0.2) is 0 Å². The molecular formula is C22H42O. The van der Waals surface area contributed by atoms with Crippen molar-refractivity contribution in [3.05, 3.63) is 0 Å². The zero-order valence-electron chi connectivity index (χ0n) is 16.3. The molecular weight excluding hydrogens is 280 g/mol. The lowest BCUT2D eigenvalue weighted by atomic mass is 9.69. The van der Waals surface area contributed by atoms with Gasteiger partial charge in [-0.05, 0) is 67.6 Å². The van der Waals surface area contributed by atoms with E-state index in [1.54, 1.807) is 0 Å². The molecule has 0 amide bonds. The van der Waals surface area contributed by atoms with Gasteiger partial charge in [0.05, 0.1) is 6.10 Å². The molecule has 0 aromatic rings. The maximum atomic E-state index is 9.93. The van der Waals surface area contributed by atoms with Crippen LogP contribution in [0.25, 0.3) is 0 Å². The van der Waals surface area contributed by atoms with Crippen molar-refractivity contribution in [2.75, 3.05) is 0 Å². The van der Waals surface area contributed by atoms with E-state index in [1.807, 2.05) is 0 Å². The molecule has 3 atom stereocenters. The fourth-order valence-electron chi connectivity index (χ4n) is 4.94. The highest BCUT2D eigenvalue weighted by molar-refractivity contribution is 4.83. The maximum Gasteiger partial charge on any atom is 0.0568 e. The molecule has 23 heavy (non-hydrogen) atoms. The second-order valence-electron chi connectivity index (χ2n) is 9.50. The highest BCUT2D eigenvalue weighted by atomic mass is 16.3. The molecule has 3 aliphatic rings. The van der Waals surface area contributed by atoms with Crippen molar-refractivity contribution in [1.82, 2.24) is 0 Å². The molecule has 3 unspecified atom stereocenters. The normalized spacial score (nSPS) is 45.0. The fourth-order valence-corrected chi connectivity index (χ4v) is 4.94. The van der Waals surface area contributed by atoms with Crippen molar-refractivity contribution in [3.8, 4) is 0 Å². The zero-order valence-corrected chi connectivity index (χ0v) is 16.3. The van der Waals surface area contributed by atoms with Gasteiger partial charge in [0, 0.05) is 0 Å². The second-order valence-corrected chi connectivity index (χ2v) is 9.50. The minimum Gasteiger partial charge on any atom is -0.393 e. The molecule has 0 saturated heterocycles. The van der Waals surface area contributed by atoms with Gasteiger partial charge in [0.15, 0.2) is 0 Å². The Hall–Kier alpha value is -0.0400. The van der Waals surface area contributed by atoms with Crippen molar-refractivity contribution in [3.63, 3.8) is 0 Å². The van der Waals surface area contributed by atoms with Crippen LogP contribution in [0.1, 0.15) is 98.3 Å². The zero-order chi connectivity index (χ0) is 16.8. The Kier molecular flexibility index (Phi) is 7.92. The molecule has 3 aliphatic carbocycles. The van der Waals surface area contributed by atoms with Gasteiger partial charge in [0.1, 0.15) is 0 Å². The molecule has 3 rings (SSSR count). The molecule has 1 nitrogen and oxygen atoms in total. The lowest BCUT2D eigenvalue weighted by molar-refractivity contribution is 0.0272. The van der Waals surface area contributed by atoms with E-state index < -0.39 is 0 Å². The van der Waals surface area contributed by atoms with E-state index in [1.165, 1.54) is 64.2 Å². The first-order valence-electron chi connectivity index (χ1n) is 10.6. The standard InChI is InChI=1S/C14H26O.C8H16/c1-10-3-6-12(7-4-10)13-8-5-11(2)14(15)9-13;1-7-3-5-8(2)6-4-7/h10-15H,3-9H2,1-2H3;7-8H,3-6H2,1-2H3. The first-order valence-corrected chi connectivity index (χ1v) is 10.6. The molecule has 1 heteroatoms. The van der Waals surface area contributed by atoms with E-state index >= 15 is 0 Å². The molecule has 3 saturated carbocycles. The summed E-state index contributed by atoms with van der Waals surface area (Å²) in [6, 6.07) is 0. The van der Waals surface area contributed by atoms with Crippen LogP contribution < -0.4 is 0 Å². The van der Waals surface area contributed by atoms with Crippen LogP contribution in [0.15, 0.2) is 0 Å². The molecule has 0 heterocycles. The molecule has 0 radical (unpaired) electrons. The summed E-state index contributed by atoms with van der Waals surface area (Å²) in [4.78, 5) is 0. The fraction of sp³-hybridized carbons (Fsp3) is 1.00. The molecule has 0 spiro atoms. The number of aliphatic hydroxyl groups is 1. The van der Waals surface area contributed by atoms with Crippen molar-refractivity contribution >= 4 is 0 Å². The van der Waals surface area contributed by atoms with Crippen molar-refractivity contribution in [2.24, 2.45) is 35.5 Å². The molecule has 1 N–H and O–H groups in total. The van der Waals surface area contributed by atoms with Gasteiger partial charge in [-0.2, -0.15) is 0 Å². The van der Waals surface area contributed by atoms with Crippen LogP contribution in [-0.2, 0) is 0 Å². The van der Waals surface area contributed by atoms with Crippen LogP contribution >= 0.6 is 0 Å². The summed E-state index contributed by atoms with van der Waals surface area (Å²) in [5, 5.41) is 9.93. The van der Waals surface area contributed by atoms with E-state index in [-0.39, 0.29) is 6.10 Å². The van der Waals surface area contributed by atoms with E-state index in [9.17, 15) is 5.11 Å². The average Bonchev–Trinajstić information content (AvgIpc) is 2.54. The monoisotopic (exact) mass is 322 g/mol. The number of hydrogen-bond donors (Lipinski definition) is 1. The van der Waals surface area contributed by atoms with Crippen LogP contribution in [0.5, 0.6) is 0 Å². The van der Waals surface area contributed by atoms with Crippen molar-refractivity contribution in [1.29, 1.82) is 0 Å². The molecule has 0 aliphatic heterocycles. The Bertz CT molecular complexity index is 300. The third-order valence-electron chi connectivity index (χ3n) is 7.23. The lowest BCUT2D eigenvalue weighted by Gasteiger charge is -2.38. The lowest BCUT2D eigenvalue weighted by Crippen LogP contribution is -2.32. The predicted octanol–water partition coefficient (Wildman–Crippen LogP) is 6.44. The maximum absolute atomic E-state index is 9.93. The summed E-state index contributed by atoms with van der Waals surface area (Å²) in [5.41, 5.74) is 0. The van der Waals surface area contributed by atoms with Gasteiger partial charge in [0.25, 0.3) is 0 Å². The number of aliphatic hydroxyl groups excluding tert-OH is 1. The quantitative estimate of drug-likeness (QED) is 0.588. The van der Waals surface area contributed by atoms with E-state index in [4.69, 9.17) is 0 Å². The third kappa shape index (κ3) is 6.40. The SMILES string of the molecule is CC1CCC(C)CC1.CC1CCC(C2CCC(C)C(O)C2)CC1. The van der Waals surface area contributed by atoms with Crippen LogP contribution in [-0.4, -0.2) is 11.2 Å². The van der Waals surface area contributed by atoms with Crippen LogP contribution in [0.3, 0.4) is 0 Å². The van der Waals surface area contributed by atoms with Crippen molar-refractivity contribution < 1.29 is 5.11 Å². The minimum atomic E-state index is -0.0110. The van der Waals surface area contributed by atoms with Gasteiger partial charge in [-0.3, -0.25) is 0 Å². The summed E-state index contributed by atoms with van der Waals surface area (Å²) < 4.78 is 0. The summed E-state index contributed by atoms with van der Waals surface area (Å²) in [7, 11) is 0. The first-order chi connectivity index (χ1) is 11.0. The smallest absolute Gasteiger partial charge is 0.0568 e. The van der Waals surface area contributed by atoms with Gasteiger partial charge < -0.3 is 5.11 Å². The largest absolute Gasteiger partial charge is 0.393 e. The van der Waals surface area contributed by atoms with E-state index in [0.29, 0.717) is 5.92 Å². The summed E-state index contributed by atoms with van der Waals surface area (Å²) >= 11 is 0. The van der Waals surface area contributed by atoms with Gasteiger partial charge in [-0.1, -0.05) is 66.2 Å². The topological polar surface area (TPSA) is 20.2 Å². The predicted molar refractivity (Wildman–Crippen MR) is 100 cm³/mol. The van der Waals surface area contributed by atoms with E-state index in [0.717, 1.165) is 36.0 Å². The van der Waals surface area contributed by atoms with Crippen LogP contribution in [0, 0.1) is 35.5 Å². The highest BCUT2D eigenvalue weighted by Crippen LogP contribution is 2.41. The molecule has 0 bridgehead atoms. The minimum absolute atomic E-state index is 0.0110. The molecule has 0 aromatic carbocycles. The van der Waals surface area contributed by atoms with Gasteiger partial charge in [-0.15, -0.1) is 0 Å². The van der Waals surface area contributed by atoms with Crippen LogP contribution in [0.4, 0.5) is 0 Å². The average molecular weight is 323 g/mol. The Morgan fingerprint density at radius 2 is 0.913 bits per heavy atom. The Morgan fingerprint density at radius 1 is 0.522 bits per heavy atom. The highest BCUT2D eigenvalue weighted by Gasteiger charge is 2.32. The number of hydrogen-bond acceptors (Lipinski definition) is 1. The Labute approximate surface area is 145 Å². The summed E-state index contributed by atoms with van der Waals surface area (Å²) in [6.07, 6.45) is 15.3. The number of rotatable bonds is 1. The van der Waals surface area contributed by atoms with E-state index in [2.05, 4.69) is 27.7 Å². The van der Waals surface area contributed by atoms with Crippen molar-refractivity contribution in [2.45, 2.75) is 104 Å². The Morgan fingerprint density at radius 3 is 1.35 bits per heavy atom. The first kappa shape index (κ1) is 19.3. The van der Waals surface area contributed by atoms with Gasteiger partial charge in [0.2, 0.25) is 0 Å². The molecule has 136 valence electrons. The third-order valence-corrected chi connectivity index (χ3v) is 7.23. The van der Waals surface area contributed by atoms with Gasteiger partial charge >= 0.3 is 0 Å².